The van der Waals surface area contributed by atoms with Crippen molar-refractivity contribution in [2.24, 2.45) is 0 Å². The molecule has 3 nitrogen and oxygen atoms in total. The lowest BCUT2D eigenvalue weighted by molar-refractivity contribution is -0.355. The van der Waals surface area contributed by atoms with Crippen LogP contribution in [0.4, 0.5) is 5.69 Å². The van der Waals surface area contributed by atoms with E-state index >= 15 is 0 Å². The number of nitrogens with zero attached hydrogens (tertiary/aromatic N) is 1. The summed E-state index contributed by atoms with van der Waals surface area (Å²) in [5.74, 6) is -0.261. The Labute approximate surface area is 109 Å². The zero-order chi connectivity index (χ0) is 12.7. The van der Waals surface area contributed by atoms with Gasteiger partial charge in [0.1, 0.15) is 5.56 Å². The highest BCUT2D eigenvalue weighted by Gasteiger charge is 2.36. The Morgan fingerprint density at radius 3 is 2.50 bits per heavy atom. The van der Waals surface area contributed by atoms with Crippen LogP contribution in [-0.4, -0.2) is 16.2 Å². The quantitative estimate of drug-likeness (QED) is 0.582. The van der Waals surface area contributed by atoms with E-state index < -0.39 is 0 Å². The minimum atomic E-state index is -0.261. The van der Waals surface area contributed by atoms with Crippen LogP contribution in [0.5, 0.6) is 0 Å². The Balaban J connectivity index is 2.22. The van der Waals surface area contributed by atoms with Crippen LogP contribution in [0.15, 0.2) is 48.5 Å². The standard InChI is InChI=1S/C14H8ClNO2/c15-10-6-7-11-12(8-10)16(18)13(14(11)17)9-4-2-1-3-5-9/h1-8H. The maximum Gasteiger partial charge on any atom is 0.272 e. The average molecular weight is 258 g/mol. The van der Waals surface area contributed by atoms with E-state index in [1.165, 1.54) is 6.07 Å². The summed E-state index contributed by atoms with van der Waals surface area (Å²) in [6, 6.07) is 13.6. The van der Waals surface area contributed by atoms with Gasteiger partial charge in [0.2, 0.25) is 5.69 Å². The van der Waals surface area contributed by atoms with Crippen LogP contribution in [0.3, 0.4) is 0 Å². The number of Topliss-reactive ketones (excluding diaryl/α,β-unsaturated/α-hetero) is 1. The van der Waals surface area contributed by atoms with Crippen LogP contribution in [0, 0.1) is 5.21 Å². The molecule has 2 aromatic carbocycles. The number of ketones is 1. The molecule has 1 aliphatic rings. The van der Waals surface area contributed by atoms with Gasteiger partial charge in [-0.15, -0.1) is 0 Å². The van der Waals surface area contributed by atoms with Gasteiger partial charge >= 0.3 is 0 Å². The van der Waals surface area contributed by atoms with Crippen molar-refractivity contribution in [1.82, 2.24) is 0 Å². The third-order valence-corrected chi connectivity index (χ3v) is 3.12. The normalized spacial score (nSPS) is 13.9. The molecule has 4 heteroatoms. The maximum absolute atomic E-state index is 12.2. The Morgan fingerprint density at radius 1 is 1.06 bits per heavy atom. The van der Waals surface area contributed by atoms with Gasteiger partial charge in [0.05, 0.1) is 5.56 Å². The molecular formula is C14H8ClNO2. The third kappa shape index (κ3) is 1.52. The molecule has 2 aromatic rings. The van der Waals surface area contributed by atoms with Crippen molar-refractivity contribution in [3.8, 4) is 0 Å². The predicted octanol–water partition coefficient (Wildman–Crippen LogP) is 3.17. The molecule has 0 aromatic heterocycles. The molecule has 0 amide bonds. The first-order chi connectivity index (χ1) is 8.68. The van der Waals surface area contributed by atoms with E-state index in [-0.39, 0.29) is 11.5 Å². The molecule has 3 rings (SSSR count). The van der Waals surface area contributed by atoms with E-state index in [1.54, 1.807) is 36.4 Å². The molecule has 0 unspecified atom stereocenters. The first-order valence-corrected chi connectivity index (χ1v) is 5.80. The van der Waals surface area contributed by atoms with E-state index in [2.05, 4.69) is 0 Å². The summed E-state index contributed by atoms with van der Waals surface area (Å²) >= 11 is 5.84. The number of benzene rings is 2. The fourth-order valence-corrected chi connectivity index (χ4v) is 2.22. The summed E-state index contributed by atoms with van der Waals surface area (Å²) in [6.07, 6.45) is 0. The van der Waals surface area contributed by atoms with Gasteiger partial charge in [-0.05, 0) is 24.3 Å². The highest BCUT2D eigenvalue weighted by Crippen LogP contribution is 2.30. The van der Waals surface area contributed by atoms with E-state index in [1.807, 2.05) is 6.07 Å². The molecule has 88 valence electrons. The molecule has 0 spiro atoms. The lowest BCUT2D eigenvalue weighted by Crippen LogP contribution is -2.16. The maximum atomic E-state index is 12.2. The third-order valence-electron chi connectivity index (χ3n) is 2.89. The van der Waals surface area contributed by atoms with Gasteiger partial charge in [0.25, 0.3) is 11.5 Å². The number of hydrogen-bond acceptors (Lipinski definition) is 2. The highest BCUT2D eigenvalue weighted by molar-refractivity contribution is 6.52. The van der Waals surface area contributed by atoms with Crippen molar-refractivity contribution in [3.05, 3.63) is 69.9 Å². The molecule has 0 atom stereocenters. The molecule has 0 saturated heterocycles. The van der Waals surface area contributed by atoms with Crippen molar-refractivity contribution in [1.29, 1.82) is 0 Å². The predicted molar refractivity (Wildman–Crippen MR) is 69.6 cm³/mol. The lowest BCUT2D eigenvalue weighted by atomic mass is 10.0. The Morgan fingerprint density at radius 2 is 1.78 bits per heavy atom. The summed E-state index contributed by atoms with van der Waals surface area (Å²) in [5.41, 5.74) is 1.47. The van der Waals surface area contributed by atoms with E-state index in [4.69, 9.17) is 11.6 Å². The van der Waals surface area contributed by atoms with Gasteiger partial charge in [0.15, 0.2) is 0 Å². The summed E-state index contributed by atoms with van der Waals surface area (Å²) in [5, 5.41) is 12.6. The second-order valence-electron chi connectivity index (χ2n) is 4.00. The summed E-state index contributed by atoms with van der Waals surface area (Å²) in [6.45, 7) is 0. The second kappa shape index (κ2) is 3.96. The molecule has 0 radical (unpaired) electrons. The number of hydrogen-bond donors (Lipinski definition) is 0. The van der Waals surface area contributed by atoms with Crippen molar-refractivity contribution in [3.63, 3.8) is 0 Å². The molecule has 0 N–H and O–H groups in total. The van der Waals surface area contributed by atoms with Gasteiger partial charge in [0, 0.05) is 11.1 Å². The topological polar surface area (TPSA) is 43.1 Å². The molecule has 18 heavy (non-hydrogen) atoms. The van der Waals surface area contributed by atoms with Gasteiger partial charge in [-0.2, -0.15) is 4.74 Å². The number of carbonyl (C=O) groups excluding carboxylic acids is 1. The second-order valence-corrected chi connectivity index (χ2v) is 4.44. The fraction of sp³-hybridized carbons (Fsp3) is 0. The zero-order valence-electron chi connectivity index (χ0n) is 9.26. The number of carbonyl (C=O) groups is 1. The number of rotatable bonds is 1. The van der Waals surface area contributed by atoms with Crippen LogP contribution >= 0.6 is 11.6 Å². The van der Waals surface area contributed by atoms with Crippen LogP contribution in [0.2, 0.25) is 5.02 Å². The van der Waals surface area contributed by atoms with Crippen LogP contribution in [0.25, 0.3) is 0 Å². The van der Waals surface area contributed by atoms with Gasteiger partial charge in [-0.1, -0.05) is 29.8 Å². The molecule has 1 aliphatic heterocycles. The Bertz CT molecular complexity index is 677. The van der Waals surface area contributed by atoms with Gasteiger partial charge in [-0.25, -0.2) is 0 Å². The van der Waals surface area contributed by atoms with Crippen LogP contribution in [-0.2, 0) is 0 Å². The minimum absolute atomic E-state index is 0.146. The van der Waals surface area contributed by atoms with Gasteiger partial charge < -0.3 is 5.21 Å². The number of fused-ring (bicyclic) bond motifs is 1. The first-order valence-electron chi connectivity index (χ1n) is 5.42. The highest BCUT2D eigenvalue weighted by atomic mass is 35.5. The van der Waals surface area contributed by atoms with Crippen molar-refractivity contribution < 1.29 is 9.53 Å². The van der Waals surface area contributed by atoms with E-state index in [0.717, 1.165) is 0 Å². The SMILES string of the molecule is O=C1C(c2ccccc2)=[N+]([O-])c2cc(Cl)ccc21. The summed E-state index contributed by atoms with van der Waals surface area (Å²) < 4.78 is 0.652. The minimum Gasteiger partial charge on any atom is -0.618 e. The van der Waals surface area contributed by atoms with E-state index in [9.17, 15) is 10.0 Å². The first kappa shape index (κ1) is 11.0. The monoisotopic (exact) mass is 257 g/mol. The molecular weight excluding hydrogens is 250 g/mol. The van der Waals surface area contributed by atoms with Crippen molar-refractivity contribution in [2.75, 3.05) is 0 Å². The average Bonchev–Trinajstić information content (AvgIpc) is 2.63. The van der Waals surface area contributed by atoms with Gasteiger partial charge in [-0.3, -0.25) is 4.79 Å². The van der Waals surface area contributed by atoms with E-state index in [0.29, 0.717) is 26.6 Å². The number of halogens is 1. The smallest absolute Gasteiger partial charge is 0.272 e. The summed E-state index contributed by atoms with van der Waals surface area (Å²) in [4.78, 5) is 12.2. The van der Waals surface area contributed by atoms with Crippen molar-refractivity contribution in [2.45, 2.75) is 0 Å². The lowest BCUT2D eigenvalue weighted by Gasteiger charge is -2.01. The molecule has 0 bridgehead atoms. The molecule has 0 fully saturated rings. The molecule has 0 aliphatic carbocycles. The molecule has 0 saturated carbocycles. The Kier molecular flexibility index (Phi) is 2.42. The summed E-state index contributed by atoms with van der Waals surface area (Å²) in [7, 11) is 0. The van der Waals surface area contributed by atoms with Crippen LogP contribution in [0.1, 0.15) is 15.9 Å². The van der Waals surface area contributed by atoms with Crippen LogP contribution < -0.4 is 0 Å². The van der Waals surface area contributed by atoms with Crippen molar-refractivity contribution >= 4 is 28.8 Å². The largest absolute Gasteiger partial charge is 0.618 e. The Hall–Kier alpha value is -2.13. The molecule has 1 heterocycles. The zero-order valence-corrected chi connectivity index (χ0v) is 10.0. The fourth-order valence-electron chi connectivity index (χ4n) is 2.05.